The minimum Gasteiger partial charge on any atom is -0.328 e. The van der Waals surface area contributed by atoms with Crippen LogP contribution in [0.4, 0.5) is 0 Å². The molecule has 0 rings (SSSR count). The third-order valence-corrected chi connectivity index (χ3v) is 1.10. The van der Waals surface area contributed by atoms with Crippen molar-refractivity contribution in [1.82, 2.24) is 5.32 Å². The van der Waals surface area contributed by atoms with E-state index in [9.17, 15) is 0 Å². The number of nitrogens with two attached hydrogens (primary N) is 1. The van der Waals surface area contributed by atoms with E-state index in [1.165, 1.54) is 0 Å². The van der Waals surface area contributed by atoms with E-state index in [1.54, 1.807) is 0 Å². The van der Waals surface area contributed by atoms with Crippen LogP contribution in [0.25, 0.3) is 0 Å². The van der Waals surface area contributed by atoms with Crippen LogP contribution in [0.3, 0.4) is 0 Å². The fraction of sp³-hybridized carbons (Fsp3) is 1.00. The summed E-state index contributed by atoms with van der Waals surface area (Å²) in [5.41, 5.74) is 5.55. The van der Waals surface area contributed by atoms with E-state index in [-0.39, 0.29) is 6.17 Å². The first-order valence-electron chi connectivity index (χ1n) is 3.86. The molecule has 0 aliphatic heterocycles. The summed E-state index contributed by atoms with van der Waals surface area (Å²) in [7, 11) is 0. The standard InChI is InChI=1S/C6H16N2.HNO3/c1-3-5-8-6(7)4-2;2-1(3)4/h6,8H,3-5,7H2,1-2H3;(H,2,3,4). The van der Waals surface area contributed by atoms with Crippen LogP contribution in [0.15, 0.2) is 0 Å². The average molecular weight is 179 g/mol. The summed E-state index contributed by atoms with van der Waals surface area (Å²) in [6.45, 7) is 5.25. The van der Waals surface area contributed by atoms with Crippen molar-refractivity contribution in [1.29, 1.82) is 0 Å². The minimum atomic E-state index is -1.50. The summed E-state index contributed by atoms with van der Waals surface area (Å²) in [6, 6.07) is 0. The molecule has 0 spiro atoms. The zero-order chi connectivity index (χ0) is 9.98. The van der Waals surface area contributed by atoms with Crippen molar-refractivity contribution >= 4 is 0 Å². The molecule has 1 unspecified atom stereocenters. The molecule has 12 heavy (non-hydrogen) atoms. The van der Waals surface area contributed by atoms with Crippen LogP contribution in [-0.4, -0.2) is 23.0 Å². The maximum Gasteiger partial charge on any atom is 0.291 e. The Kier molecular flexibility index (Phi) is 11.5. The Balaban J connectivity index is 0. The first kappa shape index (κ1) is 13.7. The molecule has 0 bridgehead atoms. The number of hydrogen-bond acceptors (Lipinski definition) is 4. The Bertz CT molecular complexity index is 106. The van der Waals surface area contributed by atoms with Crippen molar-refractivity contribution in [3.8, 4) is 0 Å². The van der Waals surface area contributed by atoms with Gasteiger partial charge in [0.25, 0.3) is 5.09 Å². The molecule has 0 aromatic rings. The molecular weight excluding hydrogens is 162 g/mol. The van der Waals surface area contributed by atoms with Gasteiger partial charge in [0.2, 0.25) is 0 Å². The number of nitrogens with zero attached hydrogens (tertiary/aromatic N) is 1. The summed E-state index contributed by atoms with van der Waals surface area (Å²) < 4.78 is 0. The van der Waals surface area contributed by atoms with Gasteiger partial charge in [0.05, 0.1) is 6.17 Å². The third-order valence-electron chi connectivity index (χ3n) is 1.10. The number of nitrogens with one attached hydrogen (secondary N) is 1. The Morgan fingerprint density at radius 3 is 2.33 bits per heavy atom. The minimum absolute atomic E-state index is 0.204. The molecule has 74 valence electrons. The zero-order valence-corrected chi connectivity index (χ0v) is 7.49. The fourth-order valence-corrected chi connectivity index (χ4v) is 0.474. The van der Waals surface area contributed by atoms with Gasteiger partial charge in [0.15, 0.2) is 0 Å². The van der Waals surface area contributed by atoms with E-state index in [2.05, 4.69) is 19.2 Å². The highest BCUT2D eigenvalue weighted by Gasteiger charge is 1.92. The highest BCUT2D eigenvalue weighted by molar-refractivity contribution is 4.52. The van der Waals surface area contributed by atoms with Crippen molar-refractivity contribution < 1.29 is 10.3 Å². The first-order chi connectivity index (χ1) is 5.54. The molecule has 0 aromatic heterocycles. The maximum absolute atomic E-state index is 8.36. The molecule has 4 N–H and O–H groups in total. The van der Waals surface area contributed by atoms with E-state index >= 15 is 0 Å². The van der Waals surface area contributed by atoms with Gasteiger partial charge in [-0.25, -0.2) is 0 Å². The van der Waals surface area contributed by atoms with E-state index < -0.39 is 5.09 Å². The smallest absolute Gasteiger partial charge is 0.291 e. The zero-order valence-electron chi connectivity index (χ0n) is 7.49. The summed E-state index contributed by atoms with van der Waals surface area (Å²) in [5.74, 6) is 0. The summed E-state index contributed by atoms with van der Waals surface area (Å²) >= 11 is 0. The lowest BCUT2D eigenvalue weighted by atomic mass is 10.4. The lowest BCUT2D eigenvalue weighted by Gasteiger charge is -2.08. The second-order valence-electron chi connectivity index (χ2n) is 2.21. The van der Waals surface area contributed by atoms with Gasteiger partial charge in [-0.05, 0) is 19.4 Å². The molecule has 0 aliphatic carbocycles. The predicted octanol–water partition coefficient (Wildman–Crippen LogP) is 0.333. The van der Waals surface area contributed by atoms with Gasteiger partial charge in [-0.15, -0.1) is 10.1 Å². The van der Waals surface area contributed by atoms with Crippen LogP contribution < -0.4 is 11.1 Å². The Morgan fingerprint density at radius 1 is 1.67 bits per heavy atom. The molecule has 0 fully saturated rings. The van der Waals surface area contributed by atoms with Crippen molar-refractivity contribution in [3.05, 3.63) is 10.1 Å². The van der Waals surface area contributed by atoms with E-state index in [0.29, 0.717) is 0 Å². The van der Waals surface area contributed by atoms with Gasteiger partial charge in [-0.1, -0.05) is 13.8 Å². The maximum atomic E-state index is 8.36. The summed E-state index contributed by atoms with van der Waals surface area (Å²) in [4.78, 5) is 8.36. The molecule has 1 atom stereocenters. The average Bonchev–Trinajstić information content (AvgIpc) is 1.99. The molecule has 6 heteroatoms. The van der Waals surface area contributed by atoms with Gasteiger partial charge >= 0.3 is 0 Å². The molecule has 0 amide bonds. The molecule has 0 radical (unpaired) electrons. The van der Waals surface area contributed by atoms with Gasteiger partial charge in [0, 0.05) is 0 Å². The van der Waals surface area contributed by atoms with Gasteiger partial charge in [-0.2, -0.15) is 0 Å². The van der Waals surface area contributed by atoms with Gasteiger partial charge in [-0.3, -0.25) is 0 Å². The normalized spacial score (nSPS) is 11.2. The summed E-state index contributed by atoms with van der Waals surface area (Å²) in [5, 5.41) is 16.8. The second-order valence-corrected chi connectivity index (χ2v) is 2.21. The van der Waals surface area contributed by atoms with Gasteiger partial charge < -0.3 is 16.3 Å². The van der Waals surface area contributed by atoms with Crippen molar-refractivity contribution in [2.24, 2.45) is 5.73 Å². The van der Waals surface area contributed by atoms with E-state index in [4.69, 9.17) is 21.1 Å². The third kappa shape index (κ3) is 22.9. The molecule has 0 aromatic carbocycles. The van der Waals surface area contributed by atoms with Crippen LogP contribution >= 0.6 is 0 Å². The topological polar surface area (TPSA) is 101 Å². The SMILES string of the molecule is CCCNC(N)CC.O=[N+]([O-])O. The fourth-order valence-electron chi connectivity index (χ4n) is 0.474. The van der Waals surface area contributed by atoms with E-state index in [0.717, 1.165) is 19.4 Å². The molecule has 0 saturated carbocycles. The highest BCUT2D eigenvalue weighted by atomic mass is 16.9. The lowest BCUT2D eigenvalue weighted by molar-refractivity contribution is -0.742. The number of hydrogen-bond donors (Lipinski definition) is 3. The molecular formula is C6H17N3O3. The molecule has 6 nitrogen and oxygen atoms in total. The van der Waals surface area contributed by atoms with Gasteiger partial charge in [0.1, 0.15) is 0 Å². The van der Waals surface area contributed by atoms with Crippen LogP contribution in [0, 0.1) is 10.1 Å². The second kappa shape index (κ2) is 10.1. The quantitative estimate of drug-likeness (QED) is 0.328. The summed E-state index contributed by atoms with van der Waals surface area (Å²) in [6.07, 6.45) is 2.38. The molecule has 0 aliphatic rings. The Hall–Kier alpha value is -0.880. The van der Waals surface area contributed by atoms with Crippen LogP contribution in [0.2, 0.25) is 0 Å². The van der Waals surface area contributed by atoms with E-state index in [1.807, 2.05) is 0 Å². The Morgan fingerprint density at radius 2 is 2.08 bits per heavy atom. The van der Waals surface area contributed by atoms with Crippen LogP contribution in [0.5, 0.6) is 0 Å². The largest absolute Gasteiger partial charge is 0.328 e. The Labute approximate surface area is 71.9 Å². The monoisotopic (exact) mass is 179 g/mol. The number of rotatable bonds is 4. The molecule has 0 saturated heterocycles. The van der Waals surface area contributed by atoms with Crippen LogP contribution in [0.1, 0.15) is 26.7 Å². The highest BCUT2D eigenvalue weighted by Crippen LogP contribution is 1.79. The van der Waals surface area contributed by atoms with Crippen molar-refractivity contribution in [2.75, 3.05) is 6.54 Å². The lowest BCUT2D eigenvalue weighted by Crippen LogP contribution is -2.36. The van der Waals surface area contributed by atoms with Crippen LogP contribution in [-0.2, 0) is 0 Å². The van der Waals surface area contributed by atoms with Crippen molar-refractivity contribution in [2.45, 2.75) is 32.9 Å². The molecule has 0 heterocycles. The predicted molar refractivity (Wildman–Crippen MR) is 45.3 cm³/mol. The van der Waals surface area contributed by atoms with Crippen molar-refractivity contribution in [3.63, 3.8) is 0 Å². The first-order valence-corrected chi connectivity index (χ1v) is 3.86.